The van der Waals surface area contributed by atoms with E-state index in [1.165, 1.54) is 17.8 Å². The van der Waals surface area contributed by atoms with Gasteiger partial charge in [0.15, 0.2) is 10.8 Å². The average molecular weight is 319 g/mol. The number of carbonyl (C=O) groups excluding carboxylic acids is 1. The summed E-state index contributed by atoms with van der Waals surface area (Å²) in [6.07, 6.45) is 3.99. The van der Waals surface area contributed by atoms with Gasteiger partial charge < -0.3 is 9.73 Å². The van der Waals surface area contributed by atoms with Gasteiger partial charge in [0.05, 0.1) is 6.26 Å². The molecule has 1 atom stereocenters. The molecule has 1 saturated heterocycles. The van der Waals surface area contributed by atoms with Gasteiger partial charge in [-0.25, -0.2) is 4.98 Å². The van der Waals surface area contributed by atoms with Crippen LogP contribution in [0.2, 0.25) is 0 Å². The zero-order chi connectivity index (χ0) is 15.5. The second-order valence-corrected chi connectivity index (χ2v) is 6.74. The molecule has 118 valence electrons. The number of hydrogen-bond acceptors (Lipinski definition) is 5. The summed E-state index contributed by atoms with van der Waals surface area (Å²) < 4.78 is 5.35. The summed E-state index contributed by atoms with van der Waals surface area (Å²) in [6, 6.07) is 4.14. The van der Waals surface area contributed by atoms with Crippen LogP contribution in [0.3, 0.4) is 0 Å². The van der Waals surface area contributed by atoms with E-state index in [1.54, 1.807) is 6.26 Å². The number of nitrogens with one attached hydrogen (secondary N) is 1. The number of hydrogen-bond donors (Lipinski definition) is 1. The van der Waals surface area contributed by atoms with Crippen molar-refractivity contribution in [2.24, 2.45) is 0 Å². The van der Waals surface area contributed by atoms with Gasteiger partial charge in [-0.1, -0.05) is 6.92 Å². The summed E-state index contributed by atoms with van der Waals surface area (Å²) in [5.41, 5.74) is 0.512. The molecule has 0 bridgehead atoms. The minimum atomic E-state index is -0.0884. The predicted molar refractivity (Wildman–Crippen MR) is 87.2 cm³/mol. The lowest BCUT2D eigenvalue weighted by Gasteiger charge is -2.22. The zero-order valence-electron chi connectivity index (χ0n) is 13.0. The quantitative estimate of drug-likeness (QED) is 0.920. The fraction of sp³-hybridized carbons (Fsp3) is 0.500. The average Bonchev–Trinajstić information content (AvgIpc) is 3.24. The summed E-state index contributed by atoms with van der Waals surface area (Å²) in [4.78, 5) is 20.2. The third-order valence-corrected chi connectivity index (χ3v) is 5.13. The van der Waals surface area contributed by atoms with Crippen LogP contribution in [0, 0.1) is 6.92 Å². The number of likely N-dealkylation sites (tertiary alicyclic amines) is 1. The minimum absolute atomic E-state index is 0.0884. The highest BCUT2D eigenvalue weighted by molar-refractivity contribution is 7.15. The van der Waals surface area contributed by atoms with E-state index >= 15 is 0 Å². The number of rotatable bonds is 5. The number of aryl methyl sites for hydroxylation is 1. The van der Waals surface area contributed by atoms with E-state index in [2.05, 4.69) is 22.1 Å². The molecular weight excluding hydrogens is 298 g/mol. The maximum Gasteiger partial charge on any atom is 0.271 e. The Morgan fingerprint density at radius 3 is 3.18 bits per heavy atom. The first-order valence-corrected chi connectivity index (χ1v) is 8.54. The van der Waals surface area contributed by atoms with Crippen LogP contribution in [0.5, 0.6) is 0 Å². The Morgan fingerprint density at radius 1 is 1.59 bits per heavy atom. The maximum atomic E-state index is 12.4. The molecular formula is C16H21N3O2S. The van der Waals surface area contributed by atoms with E-state index in [0.717, 1.165) is 29.4 Å². The first-order chi connectivity index (χ1) is 10.7. The molecule has 1 N–H and O–H groups in total. The van der Waals surface area contributed by atoms with Crippen LogP contribution in [-0.2, 0) is 0 Å². The van der Waals surface area contributed by atoms with Gasteiger partial charge in [0, 0.05) is 17.5 Å². The number of aromatic nitrogens is 1. The van der Waals surface area contributed by atoms with Crippen molar-refractivity contribution >= 4 is 17.2 Å². The van der Waals surface area contributed by atoms with Crippen LogP contribution in [-0.4, -0.2) is 41.5 Å². The van der Waals surface area contributed by atoms with Gasteiger partial charge in [0.25, 0.3) is 5.91 Å². The van der Waals surface area contributed by atoms with Crippen molar-refractivity contribution in [3.8, 4) is 10.8 Å². The number of thiazole rings is 1. The molecule has 0 aromatic carbocycles. The first kappa shape index (κ1) is 15.2. The molecule has 5 nitrogen and oxygen atoms in total. The lowest BCUT2D eigenvalue weighted by Crippen LogP contribution is -2.40. The largest absolute Gasteiger partial charge is 0.462 e. The van der Waals surface area contributed by atoms with Gasteiger partial charge in [-0.2, -0.15) is 0 Å². The second-order valence-electron chi connectivity index (χ2n) is 5.54. The zero-order valence-corrected chi connectivity index (χ0v) is 13.8. The summed E-state index contributed by atoms with van der Waals surface area (Å²) in [7, 11) is 0. The van der Waals surface area contributed by atoms with E-state index in [9.17, 15) is 4.79 Å². The van der Waals surface area contributed by atoms with Crippen molar-refractivity contribution < 1.29 is 9.21 Å². The smallest absolute Gasteiger partial charge is 0.271 e. The van der Waals surface area contributed by atoms with Crippen molar-refractivity contribution in [2.75, 3.05) is 19.6 Å². The monoisotopic (exact) mass is 319 g/mol. The minimum Gasteiger partial charge on any atom is -0.462 e. The molecule has 0 radical (unpaired) electrons. The van der Waals surface area contributed by atoms with Gasteiger partial charge in [-0.05, 0) is 45.0 Å². The molecule has 0 saturated carbocycles. The molecule has 3 rings (SSSR count). The molecule has 1 aliphatic rings. The maximum absolute atomic E-state index is 12.4. The van der Waals surface area contributed by atoms with Gasteiger partial charge in [0.1, 0.15) is 5.69 Å². The van der Waals surface area contributed by atoms with Crippen molar-refractivity contribution in [1.29, 1.82) is 0 Å². The molecule has 0 aliphatic carbocycles. The molecule has 1 unspecified atom stereocenters. The van der Waals surface area contributed by atoms with E-state index < -0.39 is 0 Å². The number of likely N-dealkylation sites (N-methyl/N-ethyl adjacent to an activating group) is 1. The highest BCUT2D eigenvalue weighted by Gasteiger charge is 2.24. The fourth-order valence-electron chi connectivity index (χ4n) is 2.95. The molecule has 1 fully saturated rings. The summed E-state index contributed by atoms with van der Waals surface area (Å²) >= 11 is 1.49. The second kappa shape index (κ2) is 6.62. The number of carbonyl (C=O) groups is 1. The van der Waals surface area contributed by atoms with E-state index in [0.29, 0.717) is 24.0 Å². The highest BCUT2D eigenvalue weighted by atomic mass is 32.1. The molecule has 1 aliphatic heterocycles. The Hall–Kier alpha value is -1.66. The van der Waals surface area contributed by atoms with Crippen LogP contribution in [0.1, 0.15) is 35.1 Å². The van der Waals surface area contributed by atoms with Gasteiger partial charge in [0.2, 0.25) is 0 Å². The molecule has 22 heavy (non-hydrogen) atoms. The third-order valence-electron chi connectivity index (χ3n) is 4.15. The lowest BCUT2D eigenvalue weighted by atomic mass is 10.2. The summed E-state index contributed by atoms with van der Waals surface area (Å²) in [5, 5.41) is 3.79. The summed E-state index contributed by atoms with van der Waals surface area (Å²) in [6.45, 7) is 6.96. The number of furan rings is 1. The third kappa shape index (κ3) is 3.08. The summed E-state index contributed by atoms with van der Waals surface area (Å²) in [5.74, 6) is 0.620. The van der Waals surface area contributed by atoms with Gasteiger partial charge in [-0.15, -0.1) is 11.3 Å². The number of nitrogens with zero attached hydrogens (tertiary/aromatic N) is 2. The number of amides is 1. The Labute approximate surface area is 134 Å². The van der Waals surface area contributed by atoms with Crippen molar-refractivity contribution in [1.82, 2.24) is 15.2 Å². The molecule has 0 spiro atoms. The van der Waals surface area contributed by atoms with Crippen molar-refractivity contribution in [3.05, 3.63) is 29.0 Å². The van der Waals surface area contributed by atoms with Crippen LogP contribution in [0.25, 0.3) is 10.8 Å². The molecule has 3 heterocycles. The Kier molecular flexibility index (Phi) is 4.59. The van der Waals surface area contributed by atoms with Crippen LogP contribution in [0.4, 0.5) is 0 Å². The standard InChI is InChI=1S/C16H21N3O2S/c1-3-19-8-4-6-12(19)10-17-15(20)14-11(2)22-16(18-14)13-7-5-9-21-13/h5,7,9,12H,3-4,6,8,10H2,1-2H3,(H,17,20). The van der Waals surface area contributed by atoms with Crippen molar-refractivity contribution in [3.63, 3.8) is 0 Å². The van der Waals surface area contributed by atoms with E-state index in [4.69, 9.17) is 4.42 Å². The van der Waals surface area contributed by atoms with Gasteiger partial charge in [-0.3, -0.25) is 9.69 Å². The Morgan fingerprint density at radius 2 is 2.45 bits per heavy atom. The van der Waals surface area contributed by atoms with E-state index in [1.807, 2.05) is 19.1 Å². The molecule has 1 amide bonds. The SMILES string of the molecule is CCN1CCCC1CNC(=O)c1nc(-c2ccco2)sc1C. The molecule has 2 aromatic heterocycles. The van der Waals surface area contributed by atoms with Gasteiger partial charge >= 0.3 is 0 Å². The normalized spacial score (nSPS) is 18.7. The lowest BCUT2D eigenvalue weighted by molar-refractivity contribution is 0.0936. The Bertz CT molecular complexity index is 636. The predicted octanol–water partition coefficient (Wildman–Crippen LogP) is 2.93. The topological polar surface area (TPSA) is 58.4 Å². The van der Waals surface area contributed by atoms with Crippen LogP contribution < -0.4 is 5.32 Å². The molecule has 2 aromatic rings. The Balaban J connectivity index is 1.65. The molecule has 6 heteroatoms. The van der Waals surface area contributed by atoms with E-state index in [-0.39, 0.29) is 5.91 Å². The first-order valence-electron chi connectivity index (χ1n) is 7.72. The fourth-order valence-corrected chi connectivity index (χ4v) is 3.83. The highest BCUT2D eigenvalue weighted by Crippen LogP contribution is 2.27. The van der Waals surface area contributed by atoms with Crippen LogP contribution in [0.15, 0.2) is 22.8 Å². The van der Waals surface area contributed by atoms with Crippen molar-refractivity contribution in [2.45, 2.75) is 32.7 Å². The van der Waals surface area contributed by atoms with Crippen LogP contribution >= 0.6 is 11.3 Å².